The summed E-state index contributed by atoms with van der Waals surface area (Å²) in [5.74, 6) is 0.188. The van der Waals surface area contributed by atoms with Gasteiger partial charge in [0.15, 0.2) is 0 Å². The molecule has 0 aromatic heterocycles. The molecule has 0 radical (unpaired) electrons. The maximum absolute atomic E-state index is 12.5. The van der Waals surface area contributed by atoms with Crippen LogP contribution >= 0.6 is 0 Å². The van der Waals surface area contributed by atoms with Gasteiger partial charge in [-0.1, -0.05) is 19.3 Å². The zero-order chi connectivity index (χ0) is 14.5. The van der Waals surface area contributed by atoms with E-state index in [0.29, 0.717) is 13.2 Å². The Bertz CT molecular complexity index is 338. The molecular formula is C16H29N3O2. The first-order valence-electron chi connectivity index (χ1n) is 8.70. The van der Waals surface area contributed by atoms with Gasteiger partial charge < -0.3 is 15.0 Å². The van der Waals surface area contributed by atoms with Crippen LogP contribution in [0.4, 0.5) is 0 Å². The second-order valence-corrected chi connectivity index (χ2v) is 6.57. The van der Waals surface area contributed by atoms with Gasteiger partial charge in [0.05, 0.1) is 6.61 Å². The van der Waals surface area contributed by atoms with Crippen molar-refractivity contribution in [2.24, 2.45) is 0 Å². The van der Waals surface area contributed by atoms with Gasteiger partial charge in [0.25, 0.3) is 5.91 Å². The Kier molecular flexibility index (Phi) is 5.49. The molecule has 1 aliphatic carbocycles. The Labute approximate surface area is 128 Å². The van der Waals surface area contributed by atoms with E-state index in [4.69, 9.17) is 4.74 Å². The van der Waals surface area contributed by atoms with Gasteiger partial charge in [-0.05, 0) is 19.3 Å². The minimum atomic E-state index is -0.264. The van der Waals surface area contributed by atoms with Crippen LogP contribution in [0, 0.1) is 0 Å². The van der Waals surface area contributed by atoms with Crippen LogP contribution in [0.3, 0.4) is 0 Å². The maximum Gasteiger partial charge on any atom is 0.253 e. The molecule has 2 heterocycles. The van der Waals surface area contributed by atoms with E-state index in [1.807, 2.05) is 4.90 Å². The second kappa shape index (κ2) is 7.56. The molecule has 0 unspecified atom stereocenters. The van der Waals surface area contributed by atoms with Crippen molar-refractivity contribution in [3.05, 3.63) is 0 Å². The lowest BCUT2D eigenvalue weighted by Crippen LogP contribution is -2.50. The van der Waals surface area contributed by atoms with Crippen molar-refractivity contribution in [1.82, 2.24) is 15.1 Å². The lowest BCUT2D eigenvalue weighted by molar-refractivity contribution is -0.145. The minimum absolute atomic E-state index is 0.188. The van der Waals surface area contributed by atoms with Crippen LogP contribution in [0.25, 0.3) is 0 Å². The highest BCUT2D eigenvalue weighted by Gasteiger charge is 2.29. The summed E-state index contributed by atoms with van der Waals surface area (Å²) < 4.78 is 5.61. The summed E-state index contributed by atoms with van der Waals surface area (Å²) in [4.78, 5) is 17.2. The summed E-state index contributed by atoms with van der Waals surface area (Å²) >= 11 is 0. The molecule has 3 rings (SSSR count). The van der Waals surface area contributed by atoms with Crippen LogP contribution in [-0.4, -0.2) is 73.7 Å². The Hall–Kier alpha value is -0.650. The quantitative estimate of drug-likeness (QED) is 0.820. The van der Waals surface area contributed by atoms with Crippen molar-refractivity contribution < 1.29 is 9.53 Å². The number of nitrogens with zero attached hydrogens (tertiary/aromatic N) is 2. The van der Waals surface area contributed by atoms with Gasteiger partial charge in [-0.15, -0.1) is 0 Å². The number of rotatable bonds is 2. The van der Waals surface area contributed by atoms with Crippen LogP contribution in [-0.2, 0) is 9.53 Å². The zero-order valence-electron chi connectivity index (χ0n) is 13.1. The first-order valence-corrected chi connectivity index (χ1v) is 8.70. The topological polar surface area (TPSA) is 44.8 Å². The summed E-state index contributed by atoms with van der Waals surface area (Å²) in [6.07, 6.45) is 7.70. The molecule has 0 spiro atoms. The molecule has 1 amide bonds. The molecule has 1 atom stereocenters. The highest BCUT2D eigenvalue weighted by Crippen LogP contribution is 2.23. The molecule has 2 saturated heterocycles. The van der Waals surface area contributed by atoms with Gasteiger partial charge in [-0.25, -0.2) is 0 Å². The number of nitrogens with one attached hydrogen (secondary N) is 1. The third-order valence-corrected chi connectivity index (χ3v) is 5.14. The molecule has 5 nitrogen and oxygen atoms in total. The predicted molar refractivity (Wildman–Crippen MR) is 82.3 cm³/mol. The van der Waals surface area contributed by atoms with Crippen LogP contribution in [0.5, 0.6) is 0 Å². The average Bonchev–Trinajstić information content (AvgIpc) is 2.82. The third kappa shape index (κ3) is 3.96. The molecule has 0 aromatic rings. The summed E-state index contributed by atoms with van der Waals surface area (Å²) in [7, 11) is 0. The Morgan fingerprint density at radius 2 is 1.86 bits per heavy atom. The van der Waals surface area contributed by atoms with Crippen LogP contribution in [0.15, 0.2) is 0 Å². The van der Waals surface area contributed by atoms with Crippen LogP contribution in [0.1, 0.15) is 38.5 Å². The number of carbonyl (C=O) groups excluding carboxylic acids is 1. The Morgan fingerprint density at radius 3 is 2.62 bits per heavy atom. The Morgan fingerprint density at radius 1 is 1.00 bits per heavy atom. The maximum atomic E-state index is 12.5. The number of hydrogen-bond donors (Lipinski definition) is 1. The SMILES string of the molecule is O=C([C@@H]1CNCCO1)N1CCCN(C2CCCCC2)CC1. The fraction of sp³-hybridized carbons (Fsp3) is 0.938. The lowest BCUT2D eigenvalue weighted by Gasteiger charge is -2.33. The molecule has 1 N–H and O–H groups in total. The van der Waals surface area contributed by atoms with Crippen LogP contribution < -0.4 is 5.32 Å². The Balaban J connectivity index is 1.51. The monoisotopic (exact) mass is 295 g/mol. The highest BCUT2D eigenvalue weighted by atomic mass is 16.5. The van der Waals surface area contributed by atoms with Gasteiger partial charge >= 0.3 is 0 Å². The van der Waals surface area contributed by atoms with E-state index in [9.17, 15) is 4.79 Å². The van der Waals surface area contributed by atoms with Crippen molar-refractivity contribution in [3.8, 4) is 0 Å². The summed E-state index contributed by atoms with van der Waals surface area (Å²) in [5.41, 5.74) is 0. The predicted octanol–water partition coefficient (Wildman–Crippen LogP) is 0.842. The van der Waals surface area contributed by atoms with Gasteiger partial charge in [0.1, 0.15) is 6.10 Å². The van der Waals surface area contributed by atoms with E-state index in [1.165, 1.54) is 32.1 Å². The molecule has 1 saturated carbocycles. The number of carbonyl (C=O) groups is 1. The van der Waals surface area contributed by atoms with E-state index in [-0.39, 0.29) is 12.0 Å². The van der Waals surface area contributed by atoms with Crippen molar-refractivity contribution in [3.63, 3.8) is 0 Å². The van der Waals surface area contributed by atoms with Gasteiger partial charge in [-0.2, -0.15) is 0 Å². The van der Waals surface area contributed by atoms with Crippen LogP contribution in [0.2, 0.25) is 0 Å². The fourth-order valence-corrected chi connectivity index (χ4v) is 3.90. The lowest BCUT2D eigenvalue weighted by atomic mass is 9.94. The van der Waals surface area contributed by atoms with E-state index in [0.717, 1.165) is 45.2 Å². The minimum Gasteiger partial charge on any atom is -0.366 e. The molecule has 0 aromatic carbocycles. The van der Waals surface area contributed by atoms with E-state index in [1.54, 1.807) is 0 Å². The number of hydrogen-bond acceptors (Lipinski definition) is 4. The molecule has 21 heavy (non-hydrogen) atoms. The van der Waals surface area contributed by atoms with Gasteiger partial charge in [-0.3, -0.25) is 9.69 Å². The second-order valence-electron chi connectivity index (χ2n) is 6.57. The summed E-state index contributed by atoms with van der Waals surface area (Å²) in [5, 5.41) is 3.25. The largest absolute Gasteiger partial charge is 0.366 e. The third-order valence-electron chi connectivity index (χ3n) is 5.14. The van der Waals surface area contributed by atoms with Crippen molar-refractivity contribution in [2.75, 3.05) is 45.9 Å². The molecule has 120 valence electrons. The summed E-state index contributed by atoms with van der Waals surface area (Å²) in [6, 6.07) is 0.765. The smallest absolute Gasteiger partial charge is 0.253 e. The van der Waals surface area contributed by atoms with Gasteiger partial charge in [0.2, 0.25) is 0 Å². The van der Waals surface area contributed by atoms with Gasteiger partial charge in [0, 0.05) is 45.3 Å². The molecule has 3 aliphatic rings. The number of ether oxygens (including phenoxy) is 1. The van der Waals surface area contributed by atoms with Crippen molar-refractivity contribution in [1.29, 1.82) is 0 Å². The molecular weight excluding hydrogens is 266 g/mol. The summed E-state index contributed by atoms with van der Waals surface area (Å²) in [6.45, 7) is 6.13. The standard InChI is InChI=1S/C16H29N3O2/c20-16(15-13-17-7-12-21-15)19-9-4-8-18(10-11-19)14-5-2-1-3-6-14/h14-15,17H,1-13H2/t15-/m0/s1. The first-order chi connectivity index (χ1) is 10.3. The molecule has 0 bridgehead atoms. The van der Waals surface area contributed by atoms with E-state index in [2.05, 4.69) is 10.2 Å². The molecule has 2 aliphatic heterocycles. The van der Waals surface area contributed by atoms with Crippen molar-refractivity contribution in [2.45, 2.75) is 50.7 Å². The number of amides is 1. The van der Waals surface area contributed by atoms with E-state index < -0.39 is 0 Å². The highest BCUT2D eigenvalue weighted by molar-refractivity contribution is 5.81. The van der Waals surface area contributed by atoms with Crippen molar-refractivity contribution >= 4 is 5.91 Å². The normalized spacial score (nSPS) is 30.1. The van der Waals surface area contributed by atoms with E-state index >= 15 is 0 Å². The molecule has 3 fully saturated rings. The average molecular weight is 295 g/mol. The first kappa shape index (κ1) is 15.3. The zero-order valence-corrected chi connectivity index (χ0v) is 13.1. The number of morpholine rings is 1. The fourth-order valence-electron chi connectivity index (χ4n) is 3.90. The molecule has 5 heteroatoms.